The summed E-state index contributed by atoms with van der Waals surface area (Å²) in [5.41, 5.74) is 0. The van der Waals surface area contributed by atoms with Crippen molar-refractivity contribution in [2.24, 2.45) is 0 Å². The number of aromatic nitrogens is 3. The first-order valence-electron chi connectivity index (χ1n) is 5.47. The quantitative estimate of drug-likeness (QED) is 0.726. The van der Waals surface area contributed by atoms with E-state index in [1.165, 1.54) is 6.92 Å². The Hall–Kier alpha value is -1.52. The second kappa shape index (κ2) is 5.53. The van der Waals surface area contributed by atoms with Crippen LogP contribution in [0.5, 0.6) is 0 Å². The Morgan fingerprint density at radius 3 is 2.06 bits per heavy atom. The van der Waals surface area contributed by atoms with Gasteiger partial charge in [0.25, 0.3) is 0 Å². The zero-order valence-electron chi connectivity index (χ0n) is 10.1. The molecule has 0 amide bonds. The summed E-state index contributed by atoms with van der Waals surface area (Å²) in [5.74, 6) is 1.67. The third-order valence-corrected chi connectivity index (χ3v) is 2.08. The zero-order chi connectivity index (χ0) is 12.1. The lowest BCUT2D eigenvalue weighted by Gasteiger charge is -2.11. The highest BCUT2D eigenvalue weighted by Gasteiger charge is 2.14. The lowest BCUT2D eigenvalue weighted by atomic mass is 10.3. The fraction of sp³-hybridized carbons (Fsp3) is 0.636. The van der Waals surface area contributed by atoms with E-state index in [0.717, 1.165) is 24.5 Å². The highest BCUT2D eigenvalue weighted by Crippen LogP contribution is 2.12. The first-order chi connectivity index (χ1) is 7.56. The summed E-state index contributed by atoms with van der Waals surface area (Å²) in [5, 5.41) is 0. The molecule has 0 spiro atoms. The third-order valence-electron chi connectivity index (χ3n) is 2.08. The van der Waals surface area contributed by atoms with Crippen molar-refractivity contribution in [3.63, 3.8) is 0 Å². The maximum absolute atomic E-state index is 10.8. The van der Waals surface area contributed by atoms with Crippen molar-refractivity contribution in [1.82, 2.24) is 15.0 Å². The summed E-state index contributed by atoms with van der Waals surface area (Å²) in [7, 11) is 0. The van der Waals surface area contributed by atoms with Crippen LogP contribution in [0, 0.1) is 0 Å². The van der Waals surface area contributed by atoms with Gasteiger partial charge in [0.1, 0.15) is 11.6 Å². The SMILES string of the molecule is CCc1nc(CC)nc(C(C)OC(C)=O)n1. The number of esters is 1. The molecule has 0 bridgehead atoms. The maximum atomic E-state index is 10.8. The van der Waals surface area contributed by atoms with E-state index in [-0.39, 0.29) is 5.97 Å². The highest BCUT2D eigenvalue weighted by molar-refractivity contribution is 5.66. The molecule has 16 heavy (non-hydrogen) atoms. The first-order valence-corrected chi connectivity index (χ1v) is 5.47. The smallest absolute Gasteiger partial charge is 0.303 e. The Labute approximate surface area is 95.3 Å². The van der Waals surface area contributed by atoms with Gasteiger partial charge in [-0.05, 0) is 6.92 Å². The van der Waals surface area contributed by atoms with Gasteiger partial charge >= 0.3 is 5.97 Å². The normalized spacial score (nSPS) is 12.2. The van der Waals surface area contributed by atoms with Gasteiger partial charge in [-0.2, -0.15) is 0 Å². The number of rotatable bonds is 4. The highest BCUT2D eigenvalue weighted by atomic mass is 16.5. The summed E-state index contributed by atoms with van der Waals surface area (Å²) >= 11 is 0. The molecule has 0 aliphatic heterocycles. The van der Waals surface area contributed by atoms with Gasteiger partial charge in [0.05, 0.1) is 0 Å². The number of carbonyl (C=O) groups excluding carboxylic acids is 1. The van der Waals surface area contributed by atoms with Crippen LogP contribution in [0.2, 0.25) is 0 Å². The minimum atomic E-state index is -0.420. The number of ether oxygens (including phenoxy) is 1. The van der Waals surface area contributed by atoms with Crippen LogP contribution in [-0.4, -0.2) is 20.9 Å². The molecule has 0 aliphatic rings. The van der Waals surface area contributed by atoms with E-state index in [1.807, 2.05) is 13.8 Å². The summed E-state index contributed by atoms with van der Waals surface area (Å²) in [4.78, 5) is 23.6. The van der Waals surface area contributed by atoms with E-state index in [0.29, 0.717) is 5.82 Å². The summed E-state index contributed by atoms with van der Waals surface area (Å²) in [6.45, 7) is 7.10. The fourth-order valence-corrected chi connectivity index (χ4v) is 1.29. The van der Waals surface area contributed by atoms with Crippen molar-refractivity contribution >= 4 is 5.97 Å². The molecule has 1 rings (SSSR count). The lowest BCUT2D eigenvalue weighted by molar-refractivity contribution is -0.146. The van der Waals surface area contributed by atoms with Crippen LogP contribution in [0.3, 0.4) is 0 Å². The average Bonchev–Trinajstić information content (AvgIpc) is 2.27. The summed E-state index contributed by atoms with van der Waals surface area (Å²) < 4.78 is 5.04. The molecule has 1 atom stereocenters. The minimum Gasteiger partial charge on any atom is -0.455 e. The van der Waals surface area contributed by atoms with Crippen molar-refractivity contribution in [3.8, 4) is 0 Å². The van der Waals surface area contributed by atoms with Gasteiger partial charge < -0.3 is 4.74 Å². The van der Waals surface area contributed by atoms with E-state index in [4.69, 9.17) is 4.74 Å². The van der Waals surface area contributed by atoms with E-state index in [1.54, 1.807) is 6.92 Å². The molecule has 0 N–H and O–H groups in total. The number of hydrogen-bond donors (Lipinski definition) is 0. The Bertz CT molecular complexity index is 357. The molecule has 1 aromatic heterocycles. The molecular weight excluding hydrogens is 206 g/mol. The van der Waals surface area contributed by atoms with Gasteiger partial charge in [0.15, 0.2) is 11.9 Å². The van der Waals surface area contributed by atoms with Gasteiger partial charge in [-0.25, -0.2) is 15.0 Å². The van der Waals surface area contributed by atoms with Gasteiger partial charge in [0.2, 0.25) is 0 Å². The molecule has 1 unspecified atom stereocenters. The number of hydrogen-bond acceptors (Lipinski definition) is 5. The predicted molar refractivity (Wildman–Crippen MR) is 58.8 cm³/mol. The summed E-state index contributed by atoms with van der Waals surface area (Å²) in [6.07, 6.45) is 1.07. The largest absolute Gasteiger partial charge is 0.455 e. The Kier molecular flexibility index (Phi) is 4.34. The summed E-state index contributed by atoms with van der Waals surface area (Å²) in [6, 6.07) is 0. The van der Waals surface area contributed by atoms with Gasteiger partial charge in [-0.3, -0.25) is 4.79 Å². The Morgan fingerprint density at radius 1 is 1.19 bits per heavy atom. The molecule has 0 aliphatic carbocycles. The average molecular weight is 223 g/mol. The molecule has 5 heteroatoms. The molecule has 88 valence electrons. The van der Waals surface area contributed by atoms with E-state index >= 15 is 0 Å². The van der Waals surface area contributed by atoms with Gasteiger partial charge in [-0.15, -0.1) is 0 Å². The van der Waals surface area contributed by atoms with Crippen molar-refractivity contribution < 1.29 is 9.53 Å². The predicted octanol–water partition coefficient (Wildman–Crippen LogP) is 1.62. The monoisotopic (exact) mass is 223 g/mol. The lowest BCUT2D eigenvalue weighted by Crippen LogP contribution is -2.13. The Morgan fingerprint density at radius 2 is 1.69 bits per heavy atom. The van der Waals surface area contributed by atoms with Crippen molar-refractivity contribution in [1.29, 1.82) is 0 Å². The molecule has 0 aromatic carbocycles. The second-order valence-electron chi connectivity index (χ2n) is 3.48. The van der Waals surface area contributed by atoms with Crippen LogP contribution in [0.15, 0.2) is 0 Å². The number of nitrogens with zero attached hydrogens (tertiary/aromatic N) is 3. The molecule has 1 aromatic rings. The minimum absolute atomic E-state index is 0.330. The fourth-order valence-electron chi connectivity index (χ4n) is 1.29. The number of carbonyl (C=O) groups is 1. The van der Waals surface area contributed by atoms with Gasteiger partial charge in [-0.1, -0.05) is 13.8 Å². The molecule has 0 fully saturated rings. The molecular formula is C11H17N3O2. The molecule has 0 saturated heterocycles. The standard InChI is InChI=1S/C11H17N3O2/c1-5-9-12-10(6-2)14-11(13-9)7(3)16-8(4)15/h7H,5-6H2,1-4H3. The molecule has 5 nitrogen and oxygen atoms in total. The third kappa shape index (κ3) is 3.25. The van der Waals surface area contributed by atoms with Crippen LogP contribution in [0.4, 0.5) is 0 Å². The first kappa shape index (κ1) is 12.5. The van der Waals surface area contributed by atoms with E-state index in [9.17, 15) is 4.79 Å². The van der Waals surface area contributed by atoms with Crippen molar-refractivity contribution in [3.05, 3.63) is 17.5 Å². The zero-order valence-corrected chi connectivity index (χ0v) is 10.1. The van der Waals surface area contributed by atoms with Crippen LogP contribution in [0.1, 0.15) is 51.3 Å². The van der Waals surface area contributed by atoms with E-state index in [2.05, 4.69) is 15.0 Å². The van der Waals surface area contributed by atoms with Crippen molar-refractivity contribution in [2.75, 3.05) is 0 Å². The molecule has 0 radical (unpaired) electrons. The van der Waals surface area contributed by atoms with Gasteiger partial charge in [0, 0.05) is 19.8 Å². The molecule has 0 saturated carbocycles. The topological polar surface area (TPSA) is 65.0 Å². The van der Waals surface area contributed by atoms with Crippen LogP contribution >= 0.6 is 0 Å². The van der Waals surface area contributed by atoms with Crippen molar-refractivity contribution in [2.45, 2.75) is 46.6 Å². The van der Waals surface area contributed by atoms with Crippen LogP contribution in [-0.2, 0) is 22.4 Å². The van der Waals surface area contributed by atoms with Crippen LogP contribution < -0.4 is 0 Å². The number of aryl methyl sites for hydroxylation is 2. The van der Waals surface area contributed by atoms with E-state index < -0.39 is 6.10 Å². The van der Waals surface area contributed by atoms with Crippen LogP contribution in [0.25, 0.3) is 0 Å². The maximum Gasteiger partial charge on any atom is 0.303 e. The Balaban J connectivity index is 2.97. The second-order valence-corrected chi connectivity index (χ2v) is 3.48. The molecule has 1 heterocycles.